The lowest BCUT2D eigenvalue weighted by Gasteiger charge is -2.00. The second-order valence-electron chi connectivity index (χ2n) is 3.28. The molecular formula is C12H11N3S2. The number of aromatic nitrogens is 1. The summed E-state index contributed by atoms with van der Waals surface area (Å²) in [5, 5.41) is 6.29. The first-order valence-electron chi connectivity index (χ1n) is 5.02. The molecule has 1 heterocycles. The molecular weight excluding hydrogens is 250 g/mol. The monoisotopic (exact) mass is 261 g/mol. The predicted octanol–water partition coefficient (Wildman–Crippen LogP) is 2.81. The van der Waals surface area contributed by atoms with Crippen LogP contribution in [0, 0.1) is 0 Å². The van der Waals surface area contributed by atoms with Crippen LogP contribution in [0.2, 0.25) is 0 Å². The van der Waals surface area contributed by atoms with Gasteiger partial charge in [0.25, 0.3) is 0 Å². The molecule has 0 aliphatic carbocycles. The molecule has 1 aromatic carbocycles. The minimum Gasteiger partial charge on any atom is -0.262 e. The van der Waals surface area contributed by atoms with E-state index in [0.717, 1.165) is 16.5 Å². The molecule has 1 N–H and O–H groups in total. The van der Waals surface area contributed by atoms with Crippen LogP contribution in [0.5, 0.6) is 0 Å². The molecule has 0 aliphatic heterocycles. The molecule has 2 rings (SSSR count). The molecule has 0 bridgehead atoms. The van der Waals surface area contributed by atoms with Gasteiger partial charge in [0, 0.05) is 11.6 Å². The molecule has 0 radical (unpaired) electrons. The third-order valence-corrected chi connectivity index (χ3v) is 3.29. The lowest BCUT2D eigenvalue weighted by atomic mass is 10.1. The van der Waals surface area contributed by atoms with Gasteiger partial charge in [0.05, 0.1) is 11.9 Å². The fourth-order valence-corrected chi connectivity index (χ4v) is 1.63. The van der Waals surface area contributed by atoms with Crippen molar-refractivity contribution in [2.24, 2.45) is 5.10 Å². The Morgan fingerprint density at radius 3 is 3.06 bits per heavy atom. The van der Waals surface area contributed by atoms with Gasteiger partial charge in [-0.15, -0.1) is 0 Å². The summed E-state index contributed by atoms with van der Waals surface area (Å²) in [5.41, 5.74) is 3.60. The van der Waals surface area contributed by atoms with Crippen molar-refractivity contribution in [2.75, 3.05) is 6.26 Å². The van der Waals surface area contributed by atoms with Crippen molar-refractivity contribution in [3.8, 4) is 0 Å². The van der Waals surface area contributed by atoms with Crippen LogP contribution >= 0.6 is 24.0 Å². The molecule has 5 heteroatoms. The molecule has 0 spiro atoms. The van der Waals surface area contributed by atoms with Crippen LogP contribution < -0.4 is 5.43 Å². The Kier molecular flexibility index (Phi) is 4.06. The van der Waals surface area contributed by atoms with Gasteiger partial charge in [-0.3, -0.25) is 10.4 Å². The van der Waals surface area contributed by atoms with Crippen LogP contribution in [-0.2, 0) is 0 Å². The van der Waals surface area contributed by atoms with E-state index in [1.54, 1.807) is 12.4 Å². The largest absolute Gasteiger partial charge is 0.262 e. The number of hydrogen-bond acceptors (Lipinski definition) is 4. The number of thiocarbonyl (C=S) groups is 1. The van der Waals surface area contributed by atoms with Crippen molar-refractivity contribution in [1.82, 2.24) is 10.4 Å². The Hall–Kier alpha value is -1.46. The predicted molar refractivity (Wildman–Crippen MR) is 78.6 cm³/mol. The maximum atomic E-state index is 4.98. The number of benzene rings is 1. The lowest BCUT2D eigenvalue weighted by molar-refractivity contribution is 1.07. The highest BCUT2D eigenvalue weighted by atomic mass is 32.2. The number of nitrogens with one attached hydrogen (secondary N) is 1. The van der Waals surface area contributed by atoms with Crippen molar-refractivity contribution in [3.05, 3.63) is 42.2 Å². The zero-order chi connectivity index (χ0) is 12.1. The quantitative estimate of drug-likeness (QED) is 0.512. The molecule has 2 aromatic rings. The molecule has 3 nitrogen and oxygen atoms in total. The second-order valence-corrected chi connectivity index (χ2v) is 4.76. The van der Waals surface area contributed by atoms with E-state index in [9.17, 15) is 0 Å². The Morgan fingerprint density at radius 1 is 1.41 bits per heavy atom. The highest BCUT2D eigenvalue weighted by Crippen LogP contribution is 2.14. The smallest absolute Gasteiger partial charge is 0.153 e. The fourth-order valence-electron chi connectivity index (χ4n) is 1.44. The molecule has 0 amide bonds. The van der Waals surface area contributed by atoms with Crippen molar-refractivity contribution in [2.45, 2.75) is 0 Å². The van der Waals surface area contributed by atoms with Gasteiger partial charge in [-0.25, -0.2) is 0 Å². The average molecular weight is 261 g/mol. The molecule has 86 valence electrons. The van der Waals surface area contributed by atoms with E-state index in [4.69, 9.17) is 12.2 Å². The summed E-state index contributed by atoms with van der Waals surface area (Å²) in [4.78, 5) is 4.29. The number of fused-ring (bicyclic) bond motifs is 1. The van der Waals surface area contributed by atoms with Crippen molar-refractivity contribution >= 4 is 45.3 Å². The van der Waals surface area contributed by atoms with Gasteiger partial charge in [-0.05, 0) is 17.7 Å². The van der Waals surface area contributed by atoms with Gasteiger partial charge in [-0.1, -0.05) is 48.2 Å². The summed E-state index contributed by atoms with van der Waals surface area (Å²) in [5.74, 6) is 0. The topological polar surface area (TPSA) is 37.3 Å². The zero-order valence-electron chi connectivity index (χ0n) is 9.25. The van der Waals surface area contributed by atoms with E-state index < -0.39 is 0 Å². The third-order valence-electron chi connectivity index (χ3n) is 2.23. The highest BCUT2D eigenvalue weighted by molar-refractivity contribution is 8.22. The summed E-state index contributed by atoms with van der Waals surface area (Å²) in [6.07, 6.45) is 5.36. The van der Waals surface area contributed by atoms with Gasteiger partial charge in [0.1, 0.15) is 0 Å². The third kappa shape index (κ3) is 3.01. The van der Waals surface area contributed by atoms with Crippen LogP contribution in [0.15, 0.2) is 41.6 Å². The number of pyridine rings is 1. The Balaban J connectivity index is 2.27. The standard InChI is InChI=1S/C12H11N3S2/c1-17-12(16)15-14-8-11-10-5-3-2-4-9(10)6-7-13-11/h2-8H,1H3,(H,15,16)/b14-8+. The van der Waals surface area contributed by atoms with Gasteiger partial charge >= 0.3 is 0 Å². The van der Waals surface area contributed by atoms with Crippen LogP contribution in [0.25, 0.3) is 10.8 Å². The number of hydrazone groups is 1. The van der Waals surface area contributed by atoms with Crippen molar-refractivity contribution < 1.29 is 0 Å². The van der Waals surface area contributed by atoms with Crippen molar-refractivity contribution in [1.29, 1.82) is 0 Å². The summed E-state index contributed by atoms with van der Waals surface area (Å²) >= 11 is 6.43. The molecule has 0 atom stereocenters. The number of nitrogens with zero attached hydrogens (tertiary/aromatic N) is 2. The molecule has 17 heavy (non-hydrogen) atoms. The molecule has 0 saturated heterocycles. The first kappa shape index (κ1) is 12.0. The van der Waals surface area contributed by atoms with Gasteiger partial charge in [-0.2, -0.15) is 5.10 Å². The van der Waals surface area contributed by atoms with E-state index in [0.29, 0.717) is 4.32 Å². The van der Waals surface area contributed by atoms with E-state index in [1.165, 1.54) is 11.8 Å². The van der Waals surface area contributed by atoms with E-state index >= 15 is 0 Å². The lowest BCUT2D eigenvalue weighted by Crippen LogP contribution is -2.10. The van der Waals surface area contributed by atoms with Crippen LogP contribution in [0.4, 0.5) is 0 Å². The van der Waals surface area contributed by atoms with Crippen molar-refractivity contribution in [3.63, 3.8) is 0 Å². The van der Waals surface area contributed by atoms with Gasteiger partial charge in [0.2, 0.25) is 0 Å². The maximum Gasteiger partial charge on any atom is 0.153 e. The Labute approximate surface area is 109 Å². The average Bonchev–Trinajstić information content (AvgIpc) is 2.39. The van der Waals surface area contributed by atoms with Crippen LogP contribution in [0.3, 0.4) is 0 Å². The second kappa shape index (κ2) is 5.75. The first-order valence-corrected chi connectivity index (χ1v) is 6.65. The number of rotatable bonds is 2. The summed E-state index contributed by atoms with van der Waals surface area (Å²) in [6, 6.07) is 10.0. The first-order chi connectivity index (χ1) is 8.31. The Morgan fingerprint density at radius 2 is 2.24 bits per heavy atom. The van der Waals surface area contributed by atoms with E-state index in [1.807, 2.05) is 36.6 Å². The SMILES string of the molecule is CSC(=S)N/N=C/c1nccc2ccccc12. The minimum atomic E-state index is 0.640. The summed E-state index contributed by atoms with van der Waals surface area (Å²) in [6.45, 7) is 0. The van der Waals surface area contributed by atoms with E-state index in [-0.39, 0.29) is 0 Å². The molecule has 1 aromatic heterocycles. The van der Waals surface area contributed by atoms with Crippen LogP contribution in [0.1, 0.15) is 5.69 Å². The minimum absolute atomic E-state index is 0.640. The highest BCUT2D eigenvalue weighted by Gasteiger charge is 1.98. The van der Waals surface area contributed by atoms with Gasteiger partial charge in [0.15, 0.2) is 4.32 Å². The van der Waals surface area contributed by atoms with E-state index in [2.05, 4.69) is 15.5 Å². The summed E-state index contributed by atoms with van der Waals surface area (Å²) in [7, 11) is 0. The molecule has 0 aliphatic rings. The fraction of sp³-hybridized carbons (Fsp3) is 0.0833. The van der Waals surface area contributed by atoms with Crippen LogP contribution in [-0.4, -0.2) is 21.8 Å². The normalized spacial score (nSPS) is 10.9. The number of hydrogen-bond donors (Lipinski definition) is 1. The summed E-state index contributed by atoms with van der Waals surface area (Å²) < 4.78 is 0.640. The molecule has 0 fully saturated rings. The maximum absolute atomic E-state index is 4.98. The van der Waals surface area contributed by atoms with Gasteiger partial charge < -0.3 is 0 Å². The Bertz CT molecular complexity index is 561. The number of thioether (sulfide) groups is 1. The molecule has 0 unspecified atom stereocenters. The zero-order valence-corrected chi connectivity index (χ0v) is 10.9. The molecule has 0 saturated carbocycles.